The molecule has 0 atom stereocenters. The molecule has 4 rings (SSSR count). The average molecular weight is 607 g/mol. The number of benzene rings is 2. The Labute approximate surface area is 245 Å². The van der Waals surface area contributed by atoms with Gasteiger partial charge in [0, 0.05) is 23.3 Å². The molecule has 0 heterocycles. The molecule has 0 spiro atoms. The first-order valence-electron chi connectivity index (χ1n) is 13.3. The molecule has 0 fully saturated rings. The summed E-state index contributed by atoms with van der Waals surface area (Å²) in [5.74, 6) is -3.51. The Morgan fingerprint density at radius 3 is 1.62 bits per heavy atom. The number of rotatable bonds is 6. The van der Waals surface area contributed by atoms with Crippen LogP contribution in [0.1, 0.15) is 85.2 Å². The Kier molecular flexibility index (Phi) is 9.56. The van der Waals surface area contributed by atoms with Crippen molar-refractivity contribution in [3.63, 3.8) is 0 Å². The molecule has 0 saturated carbocycles. The van der Waals surface area contributed by atoms with Crippen LogP contribution in [0.3, 0.4) is 0 Å². The highest BCUT2D eigenvalue weighted by molar-refractivity contribution is 7.86. The second kappa shape index (κ2) is 12.2. The van der Waals surface area contributed by atoms with Crippen molar-refractivity contribution < 1.29 is 45.6 Å². The lowest BCUT2D eigenvalue weighted by molar-refractivity contribution is 0.0586. The summed E-state index contributed by atoms with van der Waals surface area (Å²) in [4.78, 5) is 23.2. The van der Waals surface area contributed by atoms with Gasteiger partial charge in [0.25, 0.3) is 0 Å². The van der Waals surface area contributed by atoms with E-state index in [1.165, 1.54) is 19.2 Å². The molecule has 0 amide bonds. The Balaban J connectivity index is 0.000000235. The fraction of sp³-hybridized carbons (Fsp3) is 0.419. The molecule has 11 heteroatoms. The lowest BCUT2D eigenvalue weighted by atomic mass is 9.81. The van der Waals surface area contributed by atoms with Crippen molar-refractivity contribution >= 4 is 33.2 Å². The number of phenols is 1. The molecule has 2 aliphatic rings. The van der Waals surface area contributed by atoms with Gasteiger partial charge in [-0.2, -0.15) is 8.42 Å². The first-order valence-corrected chi connectivity index (χ1v) is 15.1. The topological polar surface area (TPSA) is 116 Å². The van der Waals surface area contributed by atoms with Crippen molar-refractivity contribution in [2.45, 2.75) is 53.4 Å². The van der Waals surface area contributed by atoms with Gasteiger partial charge in [-0.1, -0.05) is 39.8 Å². The molecule has 228 valence electrons. The summed E-state index contributed by atoms with van der Waals surface area (Å²) in [5, 5.41) is 9.93. The van der Waals surface area contributed by atoms with Gasteiger partial charge < -0.3 is 18.8 Å². The third-order valence-electron chi connectivity index (χ3n) is 7.48. The number of ether oxygens (including phenoxy) is 2. The zero-order chi connectivity index (χ0) is 31.6. The zero-order valence-corrected chi connectivity index (χ0v) is 25.6. The Hall–Kier alpha value is -3.73. The van der Waals surface area contributed by atoms with E-state index in [0.717, 1.165) is 62.3 Å². The minimum atomic E-state index is -3.83. The molecule has 2 aromatic carbocycles. The number of hydrogen-bond acceptors (Lipinski definition) is 8. The van der Waals surface area contributed by atoms with Gasteiger partial charge in [-0.05, 0) is 59.8 Å². The molecule has 8 nitrogen and oxygen atoms in total. The van der Waals surface area contributed by atoms with E-state index in [9.17, 15) is 31.9 Å². The maximum Gasteiger partial charge on any atom is 0.340 e. The Morgan fingerprint density at radius 2 is 1.21 bits per heavy atom. The van der Waals surface area contributed by atoms with Crippen molar-refractivity contribution in [3.05, 3.63) is 70.3 Å². The molecule has 0 unspecified atom stereocenters. The fourth-order valence-electron chi connectivity index (χ4n) is 5.23. The van der Waals surface area contributed by atoms with Crippen molar-refractivity contribution in [1.82, 2.24) is 0 Å². The highest BCUT2D eigenvalue weighted by Gasteiger charge is 2.33. The quantitative estimate of drug-likeness (QED) is 0.286. The minimum Gasteiger partial charge on any atom is -0.507 e. The van der Waals surface area contributed by atoms with Gasteiger partial charge in [0.15, 0.2) is 5.75 Å². The lowest BCUT2D eigenvalue weighted by Gasteiger charge is -2.24. The SMILES string of the molecule is COC(=O)c1cc(C2=CCCC2(C)C)c(O)cc1F.COC(=O)c1cc(C2=CCCC2(C)C)c(OS(C)(=O)=O)cc1F. The maximum absolute atomic E-state index is 14.1. The summed E-state index contributed by atoms with van der Waals surface area (Å²) in [7, 11) is -1.48. The van der Waals surface area contributed by atoms with E-state index in [2.05, 4.69) is 23.3 Å². The fourth-order valence-corrected chi connectivity index (χ4v) is 5.70. The van der Waals surface area contributed by atoms with Gasteiger partial charge in [0.1, 0.15) is 17.4 Å². The van der Waals surface area contributed by atoms with Gasteiger partial charge in [0.2, 0.25) is 0 Å². The van der Waals surface area contributed by atoms with Crippen molar-refractivity contribution in [2.24, 2.45) is 10.8 Å². The van der Waals surface area contributed by atoms with E-state index in [1.54, 1.807) is 0 Å². The van der Waals surface area contributed by atoms with Gasteiger partial charge in [-0.3, -0.25) is 0 Å². The molecular weight excluding hydrogens is 570 g/mol. The molecule has 42 heavy (non-hydrogen) atoms. The van der Waals surface area contributed by atoms with Crippen LogP contribution in [0.4, 0.5) is 8.78 Å². The minimum absolute atomic E-state index is 0.0945. The molecule has 1 N–H and O–H groups in total. The number of aromatic hydroxyl groups is 1. The molecule has 0 bridgehead atoms. The summed E-state index contributed by atoms with van der Waals surface area (Å²) < 4.78 is 64.8. The lowest BCUT2D eigenvalue weighted by Crippen LogP contribution is -2.14. The highest BCUT2D eigenvalue weighted by Crippen LogP contribution is 2.48. The van der Waals surface area contributed by atoms with Crippen LogP contribution in [0.2, 0.25) is 0 Å². The molecule has 2 aromatic rings. The molecule has 0 radical (unpaired) electrons. The maximum atomic E-state index is 14.1. The molecule has 0 aromatic heterocycles. The highest BCUT2D eigenvalue weighted by atomic mass is 32.2. The van der Waals surface area contributed by atoms with Crippen LogP contribution in [0.5, 0.6) is 11.5 Å². The van der Waals surface area contributed by atoms with Crippen LogP contribution < -0.4 is 4.18 Å². The van der Waals surface area contributed by atoms with E-state index in [4.69, 9.17) is 4.18 Å². The predicted molar refractivity (Wildman–Crippen MR) is 155 cm³/mol. The van der Waals surface area contributed by atoms with Crippen molar-refractivity contribution in [3.8, 4) is 11.5 Å². The van der Waals surface area contributed by atoms with Gasteiger partial charge >= 0.3 is 22.1 Å². The number of esters is 2. The van der Waals surface area contributed by atoms with Gasteiger partial charge in [-0.15, -0.1) is 0 Å². The summed E-state index contributed by atoms with van der Waals surface area (Å²) in [5.41, 5.74) is 1.91. The number of methoxy groups -OCH3 is 2. The summed E-state index contributed by atoms with van der Waals surface area (Å²) in [6.45, 7) is 8.12. The average Bonchev–Trinajstić information content (AvgIpc) is 3.42. The first kappa shape index (κ1) is 32.8. The number of hydrogen-bond donors (Lipinski definition) is 1. The Bertz CT molecular complexity index is 1570. The van der Waals surface area contributed by atoms with Gasteiger partial charge in [0.05, 0.1) is 31.6 Å². The molecule has 2 aliphatic carbocycles. The van der Waals surface area contributed by atoms with E-state index in [1.807, 2.05) is 26.0 Å². The number of phenolic OH excluding ortho intramolecular Hbond substituents is 1. The van der Waals surface area contributed by atoms with Gasteiger partial charge in [-0.25, -0.2) is 18.4 Å². The first-order chi connectivity index (χ1) is 19.4. The summed E-state index contributed by atoms with van der Waals surface area (Å²) in [6, 6.07) is 4.55. The van der Waals surface area contributed by atoms with E-state index >= 15 is 0 Å². The summed E-state index contributed by atoms with van der Waals surface area (Å²) >= 11 is 0. The monoisotopic (exact) mass is 606 g/mol. The molecule has 0 saturated heterocycles. The van der Waals surface area contributed by atoms with Crippen LogP contribution in [0.25, 0.3) is 11.1 Å². The second-order valence-corrected chi connectivity index (χ2v) is 13.1. The second-order valence-electron chi connectivity index (χ2n) is 11.5. The third-order valence-corrected chi connectivity index (χ3v) is 7.96. The van der Waals surface area contributed by atoms with Crippen LogP contribution in [0.15, 0.2) is 36.4 Å². The summed E-state index contributed by atoms with van der Waals surface area (Å²) in [6.07, 6.45) is 8.41. The molecule has 0 aliphatic heterocycles. The van der Waals surface area contributed by atoms with Crippen LogP contribution in [0, 0.1) is 22.5 Å². The van der Waals surface area contributed by atoms with Crippen molar-refractivity contribution in [2.75, 3.05) is 20.5 Å². The number of carbonyl (C=O) groups excluding carboxylic acids is 2. The largest absolute Gasteiger partial charge is 0.507 e. The standard InChI is InChI=1S/C16H19FO5S.C15H17FO3/c1-16(2)7-5-6-12(16)10-8-11(15(18)21-3)13(17)9-14(10)22-23(4,19)20;1-15(2)6-4-5-11(15)9-7-10(14(18)19-3)12(16)8-13(9)17/h6,8-9H,5,7H2,1-4H3;5,7-8,17H,4,6H2,1-3H3. The van der Waals surface area contributed by atoms with E-state index in [-0.39, 0.29) is 33.5 Å². The predicted octanol–water partition coefficient (Wildman–Crippen LogP) is 6.68. The third kappa shape index (κ3) is 7.18. The van der Waals surface area contributed by atoms with Crippen LogP contribution in [-0.4, -0.2) is 45.9 Å². The molecular formula is C31H36F2O8S. The van der Waals surface area contributed by atoms with Crippen LogP contribution >= 0.6 is 0 Å². The normalized spacial score (nSPS) is 17.0. The number of carbonyl (C=O) groups is 2. The Morgan fingerprint density at radius 1 is 0.786 bits per heavy atom. The van der Waals surface area contributed by atoms with Crippen molar-refractivity contribution in [1.29, 1.82) is 0 Å². The zero-order valence-electron chi connectivity index (χ0n) is 24.8. The number of halogens is 2. The number of allylic oxidation sites excluding steroid dienone is 4. The van der Waals surface area contributed by atoms with E-state index < -0.39 is 33.7 Å². The van der Waals surface area contributed by atoms with E-state index in [0.29, 0.717) is 11.1 Å². The van der Waals surface area contributed by atoms with Crippen LogP contribution in [-0.2, 0) is 19.6 Å². The smallest absolute Gasteiger partial charge is 0.340 e.